The van der Waals surface area contributed by atoms with Gasteiger partial charge in [-0.1, -0.05) is 50.8 Å². The number of hydrogen-bond acceptors (Lipinski definition) is 2. The van der Waals surface area contributed by atoms with Gasteiger partial charge in [0.25, 0.3) is 0 Å². The fraction of sp³-hybridized carbons (Fsp3) is 0.600. The smallest absolute Gasteiger partial charge is 0.127 e. The van der Waals surface area contributed by atoms with Crippen LogP contribution in [-0.2, 0) is 6.42 Å². The predicted octanol–water partition coefficient (Wildman–Crippen LogP) is 4.07. The first kappa shape index (κ1) is 16.4. The zero-order valence-electron chi connectivity index (χ0n) is 11.8. The van der Waals surface area contributed by atoms with Crippen LogP contribution in [-0.4, -0.2) is 6.04 Å². The normalized spacial score (nSPS) is 14.4. The van der Waals surface area contributed by atoms with Crippen LogP contribution < -0.4 is 11.3 Å². The molecule has 1 aromatic rings. The molecule has 0 aliphatic heterocycles. The minimum Gasteiger partial charge on any atom is -0.271 e. The largest absolute Gasteiger partial charge is 0.271 e. The highest BCUT2D eigenvalue weighted by molar-refractivity contribution is 6.30. The highest BCUT2D eigenvalue weighted by Gasteiger charge is 2.20. The van der Waals surface area contributed by atoms with Crippen LogP contribution in [0.25, 0.3) is 0 Å². The summed E-state index contributed by atoms with van der Waals surface area (Å²) in [7, 11) is 0. The molecule has 0 radical (unpaired) electrons. The fourth-order valence-electron chi connectivity index (χ4n) is 2.44. The molecule has 0 aromatic heterocycles. The molecule has 0 bridgehead atoms. The van der Waals surface area contributed by atoms with Crippen LogP contribution in [0.15, 0.2) is 18.2 Å². The van der Waals surface area contributed by atoms with E-state index in [1.165, 1.54) is 18.9 Å². The van der Waals surface area contributed by atoms with Gasteiger partial charge in [-0.25, -0.2) is 4.39 Å². The van der Waals surface area contributed by atoms with Gasteiger partial charge in [0.05, 0.1) is 0 Å². The summed E-state index contributed by atoms with van der Waals surface area (Å²) < 4.78 is 13.8. The van der Waals surface area contributed by atoms with Crippen molar-refractivity contribution in [2.75, 3.05) is 0 Å². The summed E-state index contributed by atoms with van der Waals surface area (Å²) in [5.41, 5.74) is 3.52. The van der Waals surface area contributed by atoms with Crippen molar-refractivity contribution >= 4 is 11.6 Å². The highest BCUT2D eigenvalue weighted by atomic mass is 35.5. The average Bonchev–Trinajstić information content (AvgIpc) is 2.40. The van der Waals surface area contributed by atoms with Crippen molar-refractivity contribution in [1.29, 1.82) is 0 Å². The number of rotatable bonds is 8. The molecule has 1 rings (SSSR count). The first-order valence-electron chi connectivity index (χ1n) is 7.02. The Morgan fingerprint density at radius 2 is 2.11 bits per heavy atom. The summed E-state index contributed by atoms with van der Waals surface area (Å²) in [6, 6.07) is 4.93. The van der Waals surface area contributed by atoms with E-state index in [0.717, 1.165) is 12.8 Å². The van der Waals surface area contributed by atoms with Crippen molar-refractivity contribution in [3.8, 4) is 0 Å². The Labute approximate surface area is 120 Å². The van der Waals surface area contributed by atoms with Crippen LogP contribution >= 0.6 is 11.6 Å². The first-order chi connectivity index (χ1) is 9.12. The lowest BCUT2D eigenvalue weighted by Crippen LogP contribution is -2.42. The summed E-state index contributed by atoms with van der Waals surface area (Å²) in [5.74, 6) is 5.87. The Morgan fingerprint density at radius 3 is 2.63 bits per heavy atom. The first-order valence-corrected chi connectivity index (χ1v) is 7.40. The van der Waals surface area contributed by atoms with E-state index in [9.17, 15) is 4.39 Å². The lowest BCUT2D eigenvalue weighted by Gasteiger charge is -2.26. The zero-order chi connectivity index (χ0) is 14.3. The maximum Gasteiger partial charge on any atom is 0.127 e. The standard InChI is InChI=1S/C15H24ClFN2/c1-3-5-6-11(4-2)15(19-18)9-12-7-8-13(16)10-14(12)17/h7-8,10-11,15,19H,3-6,9,18H2,1-2H3. The zero-order valence-corrected chi connectivity index (χ0v) is 12.5. The van der Waals surface area contributed by atoms with Crippen molar-refractivity contribution in [3.63, 3.8) is 0 Å². The minimum absolute atomic E-state index is 0.104. The molecule has 0 heterocycles. The SMILES string of the molecule is CCCCC(CC)C(Cc1ccc(Cl)cc1F)NN. The van der Waals surface area contributed by atoms with Crippen molar-refractivity contribution < 1.29 is 4.39 Å². The molecular formula is C15H24ClFN2. The van der Waals surface area contributed by atoms with E-state index in [1.54, 1.807) is 12.1 Å². The van der Waals surface area contributed by atoms with E-state index in [4.69, 9.17) is 17.4 Å². The van der Waals surface area contributed by atoms with Crippen molar-refractivity contribution in [1.82, 2.24) is 5.43 Å². The van der Waals surface area contributed by atoms with E-state index in [2.05, 4.69) is 19.3 Å². The summed E-state index contributed by atoms with van der Waals surface area (Å²) in [6.45, 7) is 4.33. The van der Waals surface area contributed by atoms with Gasteiger partial charge in [0, 0.05) is 11.1 Å². The van der Waals surface area contributed by atoms with Gasteiger partial charge in [-0.2, -0.15) is 0 Å². The summed E-state index contributed by atoms with van der Waals surface area (Å²) in [6.07, 6.45) is 5.12. The third kappa shape index (κ3) is 5.09. The van der Waals surface area contributed by atoms with E-state index in [0.29, 0.717) is 22.9 Å². The molecule has 0 saturated carbocycles. The topological polar surface area (TPSA) is 38.0 Å². The Balaban J connectivity index is 2.73. The Morgan fingerprint density at radius 1 is 1.37 bits per heavy atom. The third-order valence-corrected chi connectivity index (χ3v) is 3.93. The molecule has 0 spiro atoms. The minimum atomic E-state index is -0.252. The number of halogens is 2. The molecule has 0 aliphatic carbocycles. The van der Waals surface area contributed by atoms with Crippen LogP contribution in [0.2, 0.25) is 5.02 Å². The molecule has 0 aliphatic rings. The lowest BCUT2D eigenvalue weighted by molar-refractivity contribution is 0.316. The maximum atomic E-state index is 13.8. The van der Waals surface area contributed by atoms with Gasteiger partial charge in [-0.3, -0.25) is 11.3 Å². The van der Waals surface area contributed by atoms with Crippen molar-refractivity contribution in [2.24, 2.45) is 11.8 Å². The molecule has 0 amide bonds. The van der Waals surface area contributed by atoms with Crippen LogP contribution in [0, 0.1) is 11.7 Å². The molecule has 0 fully saturated rings. The molecule has 2 atom stereocenters. The fourth-order valence-corrected chi connectivity index (χ4v) is 2.60. The highest BCUT2D eigenvalue weighted by Crippen LogP contribution is 2.22. The maximum absolute atomic E-state index is 13.8. The number of nitrogens with two attached hydrogens (primary N) is 1. The number of hydrogen-bond donors (Lipinski definition) is 2. The van der Waals surface area contributed by atoms with Gasteiger partial charge < -0.3 is 0 Å². The van der Waals surface area contributed by atoms with Gasteiger partial charge in [-0.05, 0) is 36.5 Å². The van der Waals surface area contributed by atoms with Gasteiger partial charge in [0.1, 0.15) is 5.82 Å². The van der Waals surface area contributed by atoms with E-state index >= 15 is 0 Å². The molecule has 4 heteroatoms. The van der Waals surface area contributed by atoms with Gasteiger partial charge >= 0.3 is 0 Å². The van der Waals surface area contributed by atoms with Crippen LogP contribution in [0.1, 0.15) is 45.1 Å². The summed E-state index contributed by atoms with van der Waals surface area (Å²) in [4.78, 5) is 0. The average molecular weight is 287 g/mol. The predicted molar refractivity (Wildman–Crippen MR) is 79.5 cm³/mol. The Bertz CT molecular complexity index is 384. The number of unbranched alkanes of at least 4 members (excludes halogenated alkanes) is 1. The lowest BCUT2D eigenvalue weighted by atomic mass is 9.88. The van der Waals surface area contributed by atoms with Crippen molar-refractivity contribution in [3.05, 3.63) is 34.6 Å². The monoisotopic (exact) mass is 286 g/mol. The number of benzene rings is 1. The van der Waals surface area contributed by atoms with Gasteiger partial charge in [-0.15, -0.1) is 0 Å². The van der Waals surface area contributed by atoms with Crippen molar-refractivity contribution in [2.45, 2.75) is 52.0 Å². The second-order valence-corrected chi connectivity index (χ2v) is 5.46. The molecule has 2 nitrogen and oxygen atoms in total. The Kier molecular flexibility index (Phi) is 7.36. The number of nitrogens with one attached hydrogen (secondary N) is 1. The second kappa shape index (κ2) is 8.51. The molecule has 0 saturated heterocycles. The Hall–Kier alpha value is -0.640. The molecule has 1 aromatic carbocycles. The molecule has 3 N–H and O–H groups in total. The number of hydrazine groups is 1. The summed E-state index contributed by atoms with van der Waals surface area (Å²) >= 11 is 5.77. The van der Waals surface area contributed by atoms with Crippen LogP contribution in [0.4, 0.5) is 4.39 Å². The molecule has 19 heavy (non-hydrogen) atoms. The summed E-state index contributed by atoms with van der Waals surface area (Å²) in [5, 5.41) is 0.427. The van der Waals surface area contributed by atoms with Crippen LogP contribution in [0.3, 0.4) is 0 Å². The van der Waals surface area contributed by atoms with E-state index in [-0.39, 0.29) is 11.9 Å². The quantitative estimate of drug-likeness (QED) is 0.558. The second-order valence-electron chi connectivity index (χ2n) is 5.02. The molecule has 108 valence electrons. The third-order valence-electron chi connectivity index (χ3n) is 3.69. The van der Waals surface area contributed by atoms with Gasteiger partial charge in [0.2, 0.25) is 0 Å². The van der Waals surface area contributed by atoms with Gasteiger partial charge in [0.15, 0.2) is 0 Å². The van der Waals surface area contributed by atoms with Crippen LogP contribution in [0.5, 0.6) is 0 Å². The van der Waals surface area contributed by atoms with E-state index in [1.807, 2.05) is 0 Å². The van der Waals surface area contributed by atoms with E-state index < -0.39 is 0 Å². The molecular weight excluding hydrogens is 263 g/mol. The molecule has 2 unspecified atom stereocenters.